The molecule has 10 nitrogen and oxygen atoms in total. The highest BCUT2D eigenvalue weighted by molar-refractivity contribution is 6.01. The normalized spacial score (nSPS) is 15.4. The van der Waals surface area contributed by atoms with Gasteiger partial charge in [0.05, 0.1) is 24.1 Å². The number of hydrogen-bond acceptors (Lipinski definition) is 7. The van der Waals surface area contributed by atoms with Crippen LogP contribution in [-0.4, -0.2) is 32.8 Å². The molecule has 3 aromatic rings. The molecular formula is C21H20N5O5-. The van der Waals surface area contributed by atoms with Gasteiger partial charge < -0.3 is 20.3 Å². The molecule has 31 heavy (non-hydrogen) atoms. The molecule has 1 aliphatic heterocycles. The van der Waals surface area contributed by atoms with Gasteiger partial charge in [0.1, 0.15) is 23.3 Å². The van der Waals surface area contributed by atoms with E-state index in [9.17, 15) is 20.1 Å². The third-order valence-corrected chi connectivity index (χ3v) is 5.35. The first-order chi connectivity index (χ1) is 14.8. The lowest BCUT2D eigenvalue weighted by Crippen LogP contribution is -2.39. The van der Waals surface area contributed by atoms with Crippen molar-refractivity contribution in [2.24, 2.45) is 0 Å². The van der Waals surface area contributed by atoms with Gasteiger partial charge in [0, 0.05) is 11.3 Å². The third kappa shape index (κ3) is 3.46. The van der Waals surface area contributed by atoms with Crippen LogP contribution in [0.15, 0.2) is 42.5 Å². The number of amides is 1. The third-order valence-electron chi connectivity index (χ3n) is 5.35. The first kappa shape index (κ1) is 20.4. The molecule has 0 aliphatic carbocycles. The van der Waals surface area contributed by atoms with Gasteiger partial charge in [0.25, 0.3) is 0 Å². The summed E-state index contributed by atoms with van der Waals surface area (Å²) in [5.74, 6) is -0.0789. The lowest BCUT2D eigenvalue weighted by atomic mass is 10.0. The van der Waals surface area contributed by atoms with Crippen molar-refractivity contribution in [1.82, 2.24) is 14.8 Å². The quantitative estimate of drug-likeness (QED) is 0.492. The van der Waals surface area contributed by atoms with Crippen LogP contribution in [0.25, 0.3) is 0 Å². The van der Waals surface area contributed by atoms with E-state index in [0.717, 1.165) is 0 Å². The first-order valence-electron chi connectivity index (χ1n) is 9.53. The maximum absolute atomic E-state index is 12.7. The monoisotopic (exact) mass is 422 g/mol. The highest BCUT2D eigenvalue weighted by Gasteiger charge is 2.28. The smallest absolute Gasteiger partial charge is 0.312 e. The molecule has 0 radical (unpaired) electrons. The second-order valence-electron chi connectivity index (χ2n) is 7.23. The lowest BCUT2D eigenvalue weighted by Gasteiger charge is -2.42. The Balaban J connectivity index is 1.72. The van der Waals surface area contributed by atoms with Crippen molar-refractivity contribution in [2.75, 3.05) is 12.4 Å². The maximum Gasteiger partial charge on any atom is 0.312 e. The number of aromatic nitrogens is 2. The molecule has 0 saturated heterocycles. The van der Waals surface area contributed by atoms with Gasteiger partial charge in [-0.3, -0.25) is 19.6 Å². The number of hydrogen-bond donors (Lipinski definition) is 1. The van der Waals surface area contributed by atoms with Gasteiger partial charge in [-0.15, -0.1) is 0 Å². The second kappa shape index (κ2) is 7.73. The zero-order valence-electron chi connectivity index (χ0n) is 17.2. The molecule has 0 spiro atoms. The van der Waals surface area contributed by atoms with Gasteiger partial charge in [-0.25, -0.2) is 0 Å². The molecule has 0 bridgehead atoms. The minimum atomic E-state index is -0.915. The number of aryl methyl sites for hydroxylation is 1. The standard InChI is InChI=1S/C21H20N5O5/c1-12-19(26(29)30)13(2)24(23-12)11-15-10-14(8-9-18(15)31-3)20-22-17-7-5-4-6-16(17)21(27)25(20)28/h4-10,20,22H,11H2,1-3H3/q-1. The van der Waals surface area contributed by atoms with Crippen LogP contribution in [-0.2, 0) is 6.54 Å². The Labute approximate surface area is 177 Å². The van der Waals surface area contributed by atoms with Crippen LogP contribution < -0.4 is 10.1 Å². The number of methoxy groups -OCH3 is 1. The average molecular weight is 422 g/mol. The Bertz CT molecular complexity index is 1190. The van der Waals surface area contributed by atoms with E-state index < -0.39 is 17.0 Å². The van der Waals surface area contributed by atoms with Crippen molar-refractivity contribution in [3.8, 4) is 5.75 Å². The summed E-state index contributed by atoms with van der Waals surface area (Å²) >= 11 is 0. The van der Waals surface area contributed by atoms with Crippen molar-refractivity contribution in [3.05, 3.63) is 85.9 Å². The fraction of sp³-hybridized carbons (Fsp3) is 0.238. The molecular weight excluding hydrogens is 402 g/mol. The predicted molar refractivity (Wildman–Crippen MR) is 113 cm³/mol. The van der Waals surface area contributed by atoms with E-state index in [-0.39, 0.29) is 12.2 Å². The predicted octanol–water partition coefficient (Wildman–Crippen LogP) is 3.53. The fourth-order valence-corrected chi connectivity index (χ4v) is 3.82. The Morgan fingerprint density at radius 1 is 1.23 bits per heavy atom. The summed E-state index contributed by atoms with van der Waals surface area (Å²) < 4.78 is 6.96. The number of para-hydroxylation sites is 1. The summed E-state index contributed by atoms with van der Waals surface area (Å²) in [6.07, 6.45) is -0.915. The minimum absolute atomic E-state index is 0.0306. The first-order valence-corrected chi connectivity index (χ1v) is 9.53. The van der Waals surface area contributed by atoms with Crippen LogP contribution in [0.5, 0.6) is 5.75 Å². The molecule has 1 aliphatic rings. The van der Waals surface area contributed by atoms with E-state index in [1.165, 1.54) is 11.8 Å². The number of nitrogens with one attached hydrogen (secondary N) is 1. The Morgan fingerprint density at radius 3 is 2.65 bits per heavy atom. The molecule has 2 aromatic carbocycles. The molecule has 1 N–H and O–H groups in total. The fourth-order valence-electron chi connectivity index (χ4n) is 3.82. The van der Waals surface area contributed by atoms with Crippen LogP contribution in [0.1, 0.15) is 39.0 Å². The molecule has 1 unspecified atom stereocenters. The molecule has 0 saturated carbocycles. The second-order valence-corrected chi connectivity index (χ2v) is 7.23. The molecule has 1 amide bonds. The number of nitrogens with zero attached hydrogens (tertiary/aromatic N) is 4. The molecule has 0 fully saturated rings. The Kier molecular flexibility index (Phi) is 5.07. The zero-order chi connectivity index (χ0) is 22.3. The number of carbonyl (C=O) groups excluding carboxylic acids is 1. The maximum atomic E-state index is 12.7. The summed E-state index contributed by atoms with van der Waals surface area (Å²) in [6, 6.07) is 12.0. The largest absolute Gasteiger partial charge is 0.754 e. The molecule has 10 heteroatoms. The number of hydroxylamine groups is 2. The SMILES string of the molecule is COc1ccc(C2Nc3ccccc3C(=O)N2[O-])cc1Cn1nc(C)c([N+](=O)[O-])c1C. The van der Waals surface area contributed by atoms with E-state index >= 15 is 0 Å². The van der Waals surface area contributed by atoms with Gasteiger partial charge in [-0.05, 0) is 43.7 Å². The van der Waals surface area contributed by atoms with Crippen LogP contribution in [0.3, 0.4) is 0 Å². The Hall–Kier alpha value is -3.92. The van der Waals surface area contributed by atoms with Crippen molar-refractivity contribution in [1.29, 1.82) is 0 Å². The van der Waals surface area contributed by atoms with E-state index in [1.807, 2.05) is 0 Å². The molecule has 1 atom stereocenters. The van der Waals surface area contributed by atoms with Gasteiger partial charge >= 0.3 is 5.69 Å². The molecule has 1 aromatic heterocycles. The highest BCUT2D eigenvalue weighted by Crippen LogP contribution is 2.34. The summed E-state index contributed by atoms with van der Waals surface area (Å²) in [4.78, 5) is 23.4. The van der Waals surface area contributed by atoms with Gasteiger partial charge in [-0.2, -0.15) is 5.10 Å². The van der Waals surface area contributed by atoms with Gasteiger partial charge in [0.15, 0.2) is 0 Å². The number of anilines is 1. The molecule has 2 heterocycles. The Morgan fingerprint density at radius 2 is 1.97 bits per heavy atom. The highest BCUT2D eigenvalue weighted by atomic mass is 16.6. The van der Waals surface area contributed by atoms with Crippen LogP contribution in [0, 0.1) is 29.2 Å². The topological polar surface area (TPSA) is 126 Å². The number of fused-ring (bicyclic) bond motifs is 1. The van der Waals surface area contributed by atoms with Gasteiger partial charge in [-0.1, -0.05) is 18.2 Å². The summed E-state index contributed by atoms with van der Waals surface area (Å²) in [5.41, 5.74) is 2.83. The summed E-state index contributed by atoms with van der Waals surface area (Å²) in [7, 11) is 1.51. The zero-order valence-corrected chi connectivity index (χ0v) is 17.2. The van der Waals surface area contributed by atoms with E-state index in [2.05, 4.69) is 10.4 Å². The van der Waals surface area contributed by atoms with Crippen molar-refractivity contribution >= 4 is 17.3 Å². The summed E-state index contributed by atoms with van der Waals surface area (Å²) in [5, 5.41) is 31.8. The van der Waals surface area contributed by atoms with Crippen molar-refractivity contribution in [3.63, 3.8) is 0 Å². The minimum Gasteiger partial charge on any atom is -0.754 e. The van der Waals surface area contributed by atoms with E-state index in [4.69, 9.17) is 4.74 Å². The molecule has 4 rings (SSSR count). The van der Waals surface area contributed by atoms with Crippen LogP contribution in [0.2, 0.25) is 0 Å². The molecule has 160 valence electrons. The lowest BCUT2D eigenvalue weighted by molar-refractivity contribution is -0.386. The van der Waals surface area contributed by atoms with Crippen LogP contribution >= 0.6 is 0 Å². The number of benzene rings is 2. The average Bonchev–Trinajstić information content (AvgIpc) is 3.03. The van der Waals surface area contributed by atoms with Crippen molar-refractivity contribution in [2.45, 2.75) is 26.6 Å². The number of rotatable bonds is 5. The summed E-state index contributed by atoms with van der Waals surface area (Å²) in [6.45, 7) is 3.42. The number of carbonyl (C=O) groups is 1. The van der Waals surface area contributed by atoms with Gasteiger partial charge in [0.2, 0.25) is 5.91 Å². The van der Waals surface area contributed by atoms with Crippen LogP contribution in [0.4, 0.5) is 11.4 Å². The number of nitro groups is 1. The van der Waals surface area contributed by atoms with Crippen molar-refractivity contribution < 1.29 is 14.5 Å². The van der Waals surface area contributed by atoms with E-state index in [0.29, 0.717) is 44.6 Å². The van der Waals surface area contributed by atoms with E-state index in [1.54, 1.807) is 56.3 Å². The number of ether oxygens (including phenoxy) is 1.